The van der Waals surface area contributed by atoms with E-state index in [-0.39, 0.29) is 42.9 Å². The maximum absolute atomic E-state index is 13.3. The Kier molecular flexibility index (Phi) is 7.41. The lowest BCUT2D eigenvalue weighted by Crippen LogP contribution is -2.51. The molecule has 1 aromatic heterocycles. The van der Waals surface area contributed by atoms with Gasteiger partial charge in [0.2, 0.25) is 17.7 Å². The third-order valence-corrected chi connectivity index (χ3v) is 7.53. The van der Waals surface area contributed by atoms with Gasteiger partial charge in [-0.15, -0.1) is 0 Å². The maximum Gasteiger partial charge on any atom is 0.251 e. The number of rotatable bonds is 8. The highest BCUT2D eigenvalue weighted by Gasteiger charge is 2.40. The average molecular weight is 506 g/mol. The number of carbonyl (C=O) groups is 3. The normalized spacial score (nSPS) is 18.8. The number of carbonyl (C=O) groups excluding carboxylic acids is 3. The van der Waals surface area contributed by atoms with Crippen LogP contribution in [0, 0.1) is 0 Å². The fraction of sp³-hybridized carbons (Fsp3) is 0.500. The molecule has 1 aliphatic heterocycles. The van der Waals surface area contributed by atoms with E-state index in [1.54, 1.807) is 47.4 Å². The first-order valence-corrected chi connectivity index (χ1v) is 13.2. The van der Waals surface area contributed by atoms with Gasteiger partial charge in [0.25, 0.3) is 5.91 Å². The first-order valence-electron chi connectivity index (χ1n) is 13.2. The molecule has 3 aliphatic rings. The number of benzene rings is 1. The SMILES string of the molecule is COc1ccc(C(C)NC(=O)c2ccc3c(c2)N(C(=O)CNC2CCCCC2)CC(=O)N3C2CC2)cn1. The predicted molar refractivity (Wildman–Crippen MR) is 141 cm³/mol. The van der Waals surface area contributed by atoms with Crippen molar-refractivity contribution in [1.82, 2.24) is 15.6 Å². The average Bonchev–Trinajstić information content (AvgIpc) is 3.76. The van der Waals surface area contributed by atoms with Crippen LogP contribution < -0.4 is 25.2 Å². The van der Waals surface area contributed by atoms with Gasteiger partial charge >= 0.3 is 0 Å². The van der Waals surface area contributed by atoms with Gasteiger partial charge in [-0.25, -0.2) is 4.98 Å². The zero-order valence-corrected chi connectivity index (χ0v) is 21.5. The summed E-state index contributed by atoms with van der Waals surface area (Å²) in [5.74, 6) is 0.0351. The van der Waals surface area contributed by atoms with Crippen LogP contribution in [0.1, 0.15) is 73.8 Å². The van der Waals surface area contributed by atoms with Crippen LogP contribution in [0.2, 0.25) is 0 Å². The van der Waals surface area contributed by atoms with Crippen molar-refractivity contribution in [2.24, 2.45) is 0 Å². The molecule has 1 aromatic carbocycles. The zero-order valence-electron chi connectivity index (χ0n) is 21.5. The molecule has 1 unspecified atom stereocenters. The Morgan fingerprint density at radius 1 is 1.08 bits per heavy atom. The van der Waals surface area contributed by atoms with Crippen molar-refractivity contribution in [3.8, 4) is 5.88 Å². The molecule has 3 amide bonds. The molecule has 196 valence electrons. The van der Waals surface area contributed by atoms with Crippen LogP contribution >= 0.6 is 0 Å². The van der Waals surface area contributed by atoms with Crippen LogP contribution in [-0.4, -0.2) is 55.0 Å². The number of hydrogen-bond donors (Lipinski definition) is 2. The summed E-state index contributed by atoms with van der Waals surface area (Å²) >= 11 is 0. The quantitative estimate of drug-likeness (QED) is 0.570. The summed E-state index contributed by atoms with van der Waals surface area (Å²) in [6.45, 7) is 2.06. The van der Waals surface area contributed by atoms with Gasteiger partial charge in [0.15, 0.2) is 0 Å². The molecule has 0 spiro atoms. The van der Waals surface area contributed by atoms with Gasteiger partial charge in [-0.2, -0.15) is 0 Å². The minimum atomic E-state index is -0.274. The fourth-order valence-corrected chi connectivity index (χ4v) is 5.24. The molecule has 2 saturated carbocycles. The Labute approximate surface area is 217 Å². The van der Waals surface area contributed by atoms with E-state index in [2.05, 4.69) is 15.6 Å². The Bertz CT molecular complexity index is 1160. The third kappa shape index (κ3) is 5.61. The van der Waals surface area contributed by atoms with Crippen LogP contribution in [0.5, 0.6) is 5.88 Å². The van der Waals surface area contributed by atoms with Crippen molar-refractivity contribution < 1.29 is 19.1 Å². The smallest absolute Gasteiger partial charge is 0.251 e. The summed E-state index contributed by atoms with van der Waals surface area (Å²) in [5, 5.41) is 6.40. The molecule has 2 N–H and O–H groups in total. The first kappa shape index (κ1) is 25.2. The summed E-state index contributed by atoms with van der Waals surface area (Å²) in [6.07, 6.45) is 9.34. The Morgan fingerprint density at radius 2 is 1.86 bits per heavy atom. The number of amides is 3. The lowest BCUT2D eigenvalue weighted by molar-refractivity contribution is -0.122. The van der Waals surface area contributed by atoms with E-state index in [0.29, 0.717) is 28.9 Å². The molecule has 1 atom stereocenters. The fourth-order valence-electron chi connectivity index (χ4n) is 5.24. The van der Waals surface area contributed by atoms with Crippen molar-refractivity contribution in [1.29, 1.82) is 0 Å². The Morgan fingerprint density at radius 3 is 2.54 bits per heavy atom. The number of ether oxygens (including phenoxy) is 1. The second-order valence-electron chi connectivity index (χ2n) is 10.2. The van der Waals surface area contributed by atoms with E-state index in [0.717, 1.165) is 31.2 Å². The Balaban J connectivity index is 1.35. The highest BCUT2D eigenvalue weighted by atomic mass is 16.5. The van der Waals surface area contributed by atoms with Crippen LogP contribution in [0.4, 0.5) is 11.4 Å². The maximum atomic E-state index is 13.3. The minimum Gasteiger partial charge on any atom is -0.481 e. The monoisotopic (exact) mass is 505 g/mol. The van der Waals surface area contributed by atoms with Crippen molar-refractivity contribution >= 4 is 29.1 Å². The lowest BCUT2D eigenvalue weighted by Gasteiger charge is -2.37. The highest BCUT2D eigenvalue weighted by Crippen LogP contribution is 2.41. The number of nitrogens with zero attached hydrogens (tertiary/aromatic N) is 3. The van der Waals surface area contributed by atoms with E-state index >= 15 is 0 Å². The Hall–Kier alpha value is -3.46. The van der Waals surface area contributed by atoms with Gasteiger partial charge in [-0.3, -0.25) is 19.3 Å². The van der Waals surface area contributed by atoms with Crippen LogP contribution in [0.25, 0.3) is 0 Å². The number of pyridine rings is 1. The lowest BCUT2D eigenvalue weighted by atomic mass is 9.95. The molecule has 9 heteroatoms. The number of fused-ring (bicyclic) bond motifs is 1. The molecule has 0 radical (unpaired) electrons. The molecular formula is C28H35N5O4. The van der Waals surface area contributed by atoms with Gasteiger partial charge < -0.3 is 20.3 Å². The third-order valence-electron chi connectivity index (χ3n) is 7.53. The van der Waals surface area contributed by atoms with E-state index < -0.39 is 0 Å². The molecule has 9 nitrogen and oxygen atoms in total. The van der Waals surface area contributed by atoms with Crippen LogP contribution in [0.15, 0.2) is 36.5 Å². The topological polar surface area (TPSA) is 104 Å². The molecule has 37 heavy (non-hydrogen) atoms. The number of aromatic nitrogens is 1. The molecular weight excluding hydrogens is 470 g/mol. The second-order valence-corrected chi connectivity index (χ2v) is 10.2. The molecule has 2 aromatic rings. The molecule has 0 bridgehead atoms. The van der Waals surface area contributed by atoms with Gasteiger partial charge in [0.05, 0.1) is 31.1 Å². The predicted octanol–water partition coefficient (Wildman–Crippen LogP) is 3.35. The molecule has 2 heterocycles. The number of anilines is 2. The van der Waals surface area contributed by atoms with Crippen LogP contribution in [0.3, 0.4) is 0 Å². The molecule has 2 aliphatic carbocycles. The highest BCUT2D eigenvalue weighted by molar-refractivity contribution is 6.13. The van der Waals surface area contributed by atoms with Gasteiger partial charge in [-0.05, 0) is 56.4 Å². The summed E-state index contributed by atoms with van der Waals surface area (Å²) in [6, 6.07) is 9.12. The first-order chi connectivity index (χ1) is 17.9. The molecule has 5 rings (SSSR count). The number of hydrogen-bond acceptors (Lipinski definition) is 6. The van der Waals surface area contributed by atoms with Gasteiger partial charge in [-0.1, -0.05) is 25.3 Å². The van der Waals surface area contributed by atoms with E-state index in [1.807, 2.05) is 13.0 Å². The second kappa shape index (κ2) is 10.9. The summed E-state index contributed by atoms with van der Waals surface area (Å²) in [5.41, 5.74) is 2.61. The van der Waals surface area contributed by atoms with Crippen LogP contribution in [-0.2, 0) is 9.59 Å². The largest absolute Gasteiger partial charge is 0.481 e. The van der Waals surface area contributed by atoms with Crippen molar-refractivity contribution in [2.45, 2.75) is 70.0 Å². The zero-order chi connectivity index (χ0) is 25.9. The van der Waals surface area contributed by atoms with Crippen molar-refractivity contribution in [3.63, 3.8) is 0 Å². The van der Waals surface area contributed by atoms with Gasteiger partial charge in [0.1, 0.15) is 6.54 Å². The molecule has 2 fully saturated rings. The molecule has 0 saturated heterocycles. The van der Waals surface area contributed by atoms with Crippen molar-refractivity contribution in [2.75, 3.05) is 30.0 Å². The standard InChI is InChI=1S/C28H35N5O4/c1-18(20-9-13-25(37-2)30-15-20)31-28(36)19-8-12-23-24(14-19)32(17-27(35)33(23)22-10-11-22)26(34)16-29-21-6-4-3-5-7-21/h8-9,12-15,18,21-22,29H,3-7,10-11,16-17H2,1-2H3,(H,31,36). The summed E-state index contributed by atoms with van der Waals surface area (Å²) < 4.78 is 5.11. The minimum absolute atomic E-state index is 0.00628. The van der Waals surface area contributed by atoms with E-state index in [4.69, 9.17) is 4.74 Å². The number of nitrogens with one attached hydrogen (secondary N) is 2. The number of methoxy groups -OCH3 is 1. The van der Waals surface area contributed by atoms with E-state index in [1.165, 1.54) is 19.3 Å². The van der Waals surface area contributed by atoms with E-state index in [9.17, 15) is 14.4 Å². The summed E-state index contributed by atoms with van der Waals surface area (Å²) in [7, 11) is 1.56. The van der Waals surface area contributed by atoms with Gasteiger partial charge in [0, 0.05) is 29.9 Å². The summed E-state index contributed by atoms with van der Waals surface area (Å²) in [4.78, 5) is 47.1. The van der Waals surface area contributed by atoms with Crippen molar-refractivity contribution in [3.05, 3.63) is 47.7 Å².